The number of aliphatic carboxylic acids is 1. The minimum Gasteiger partial charge on any atom is -0.477 e. The van der Waals surface area contributed by atoms with Gasteiger partial charge in [0.2, 0.25) is 0 Å². The van der Waals surface area contributed by atoms with Gasteiger partial charge in [0.1, 0.15) is 13.2 Å². The lowest BCUT2D eigenvalue weighted by Gasteiger charge is -2.25. The minimum atomic E-state index is -1.52. The lowest BCUT2D eigenvalue weighted by Crippen LogP contribution is -2.40. The topological polar surface area (TPSA) is 108 Å². The van der Waals surface area contributed by atoms with Crippen LogP contribution in [0.4, 0.5) is 0 Å². The minimum absolute atomic E-state index is 0.183. The number of esters is 2. The van der Waals surface area contributed by atoms with Crippen molar-refractivity contribution in [3.8, 4) is 0 Å². The predicted octanol–water partition coefficient (Wildman–Crippen LogP) is 26.2. The molecule has 0 aliphatic carbocycles. The number of carboxylic acids is 1. The van der Waals surface area contributed by atoms with Gasteiger partial charge in [0, 0.05) is 12.8 Å². The molecule has 0 aromatic rings. The van der Waals surface area contributed by atoms with Crippen LogP contribution in [-0.2, 0) is 33.3 Å². The standard InChI is InChI=1S/C86H155NO8/c1-6-8-10-12-14-16-18-20-22-24-26-28-30-32-34-36-37-38-39-40-41-42-43-44-45-46-47-49-50-52-54-56-58-60-62-64-66-68-70-72-74-76-83(88)93-80-82(81-94-86(85(90)91)92-79-78-87(3,4)5)95-84(89)77-75-73-71-69-67-65-63-61-59-57-55-53-51-48-35-33-31-29-27-25-23-21-19-17-15-13-11-9-7-2/h9,11,15,17,21,23-24,26-27,29,33,35,51,53,82,86H,6-8,10,12-14,16,18-20,22,25,28,30-32,34,36-50,52,54-81H2,1-5H3/p+1/b11-9-,17-15-,23-21-,26-24-,29-27-,35-33-,53-51-. The average molecular weight is 1330 g/mol. The highest BCUT2D eigenvalue weighted by Gasteiger charge is 2.25. The maximum absolute atomic E-state index is 13.0. The Bertz CT molecular complexity index is 1840. The number of carbonyl (C=O) groups excluding carboxylic acids is 2. The quantitative estimate of drug-likeness (QED) is 0.0211. The van der Waals surface area contributed by atoms with Gasteiger partial charge in [-0.1, -0.05) is 369 Å². The summed E-state index contributed by atoms with van der Waals surface area (Å²) in [4.78, 5) is 37.7. The van der Waals surface area contributed by atoms with Crippen LogP contribution in [0.5, 0.6) is 0 Å². The van der Waals surface area contributed by atoms with Crippen molar-refractivity contribution in [2.24, 2.45) is 0 Å². The molecular weight excluding hydrogens is 1170 g/mol. The Morgan fingerprint density at radius 1 is 0.326 bits per heavy atom. The Labute approximate surface area is 589 Å². The number of hydrogen-bond acceptors (Lipinski definition) is 7. The molecule has 2 unspecified atom stereocenters. The number of carboxylic acid groups (broad SMARTS) is 1. The summed E-state index contributed by atoms with van der Waals surface area (Å²) in [6, 6.07) is 0. The van der Waals surface area contributed by atoms with Gasteiger partial charge < -0.3 is 28.5 Å². The molecule has 0 amide bonds. The largest absolute Gasteiger partial charge is 0.477 e. The second-order valence-corrected chi connectivity index (χ2v) is 28.7. The first kappa shape index (κ1) is 91.5. The second-order valence-electron chi connectivity index (χ2n) is 28.7. The number of rotatable bonds is 76. The van der Waals surface area contributed by atoms with Crippen LogP contribution in [-0.4, -0.2) is 87.4 Å². The van der Waals surface area contributed by atoms with Gasteiger partial charge in [0.05, 0.1) is 34.4 Å². The molecule has 1 N–H and O–H groups in total. The fourth-order valence-corrected chi connectivity index (χ4v) is 12.0. The Morgan fingerprint density at radius 3 is 0.905 bits per heavy atom. The van der Waals surface area contributed by atoms with E-state index in [-0.39, 0.29) is 32.2 Å². The van der Waals surface area contributed by atoms with Crippen molar-refractivity contribution >= 4 is 17.9 Å². The van der Waals surface area contributed by atoms with E-state index in [1.807, 2.05) is 21.1 Å². The number of quaternary nitrogens is 1. The number of unbranched alkanes of at least 4 members (excludes halogenated alkanes) is 47. The number of nitrogens with zero attached hydrogens (tertiary/aromatic N) is 1. The van der Waals surface area contributed by atoms with Gasteiger partial charge in [-0.05, 0) is 89.9 Å². The van der Waals surface area contributed by atoms with Crippen LogP contribution < -0.4 is 0 Å². The van der Waals surface area contributed by atoms with Crippen molar-refractivity contribution in [1.29, 1.82) is 0 Å². The van der Waals surface area contributed by atoms with Crippen LogP contribution in [0.25, 0.3) is 0 Å². The molecule has 9 nitrogen and oxygen atoms in total. The molecule has 0 aromatic heterocycles. The van der Waals surface area contributed by atoms with Gasteiger partial charge in [-0.3, -0.25) is 9.59 Å². The molecule has 552 valence electrons. The highest BCUT2D eigenvalue weighted by Crippen LogP contribution is 2.19. The summed E-state index contributed by atoms with van der Waals surface area (Å²) in [5.74, 6) is -1.99. The smallest absolute Gasteiger partial charge is 0.361 e. The summed E-state index contributed by atoms with van der Waals surface area (Å²) in [7, 11) is 5.99. The second kappa shape index (κ2) is 76.2. The van der Waals surface area contributed by atoms with Gasteiger partial charge >= 0.3 is 17.9 Å². The van der Waals surface area contributed by atoms with Crippen molar-refractivity contribution in [3.63, 3.8) is 0 Å². The molecule has 2 atom stereocenters. The third-order valence-electron chi connectivity index (χ3n) is 18.1. The van der Waals surface area contributed by atoms with Crippen LogP contribution in [0.2, 0.25) is 0 Å². The molecule has 0 heterocycles. The van der Waals surface area contributed by atoms with E-state index in [1.165, 1.54) is 270 Å². The normalized spacial score (nSPS) is 13.1. The lowest BCUT2D eigenvalue weighted by atomic mass is 10.0. The van der Waals surface area contributed by atoms with E-state index in [1.54, 1.807) is 0 Å². The van der Waals surface area contributed by atoms with Crippen molar-refractivity contribution in [2.75, 3.05) is 47.5 Å². The highest BCUT2D eigenvalue weighted by atomic mass is 16.7. The molecule has 0 saturated carbocycles. The molecule has 0 spiro atoms. The molecular formula is C86H156NO8+. The summed E-state index contributed by atoms with van der Waals surface area (Å²) in [6.07, 6.45) is 102. The first-order chi connectivity index (χ1) is 46.6. The van der Waals surface area contributed by atoms with Gasteiger partial charge in [0.25, 0.3) is 6.29 Å². The molecule has 9 heteroatoms. The van der Waals surface area contributed by atoms with Crippen LogP contribution in [0, 0.1) is 0 Å². The van der Waals surface area contributed by atoms with Crippen molar-refractivity contribution in [3.05, 3.63) is 85.1 Å². The van der Waals surface area contributed by atoms with Crippen LogP contribution >= 0.6 is 0 Å². The first-order valence-corrected chi connectivity index (χ1v) is 40.8. The highest BCUT2D eigenvalue weighted by molar-refractivity contribution is 5.71. The van der Waals surface area contributed by atoms with Crippen LogP contribution in [0.3, 0.4) is 0 Å². The summed E-state index contributed by atoms with van der Waals surface area (Å²) in [5.41, 5.74) is 0. The monoisotopic (exact) mass is 1330 g/mol. The van der Waals surface area contributed by atoms with E-state index in [9.17, 15) is 19.5 Å². The third kappa shape index (κ3) is 77.7. The van der Waals surface area contributed by atoms with Crippen molar-refractivity contribution < 1.29 is 42.9 Å². The average Bonchev–Trinajstić information content (AvgIpc) is 2.86. The predicted molar refractivity (Wildman–Crippen MR) is 410 cm³/mol. The molecule has 0 aliphatic heterocycles. The van der Waals surface area contributed by atoms with Crippen molar-refractivity contribution in [1.82, 2.24) is 0 Å². The first-order valence-electron chi connectivity index (χ1n) is 40.8. The molecule has 0 saturated heterocycles. The van der Waals surface area contributed by atoms with E-state index in [0.29, 0.717) is 23.9 Å². The van der Waals surface area contributed by atoms with Gasteiger partial charge in [-0.15, -0.1) is 0 Å². The fourth-order valence-electron chi connectivity index (χ4n) is 12.0. The zero-order valence-electron chi connectivity index (χ0n) is 63.3. The maximum atomic E-state index is 13.0. The summed E-state index contributed by atoms with van der Waals surface area (Å²) < 4.78 is 23.0. The Balaban J connectivity index is 3.96. The summed E-state index contributed by atoms with van der Waals surface area (Å²) >= 11 is 0. The number of carbonyl (C=O) groups is 3. The molecule has 0 aromatic carbocycles. The Kier molecular flexibility index (Phi) is 73.4. The Hall–Kier alpha value is -3.53. The fraction of sp³-hybridized carbons (Fsp3) is 0.802. The van der Waals surface area contributed by atoms with Gasteiger partial charge in [-0.2, -0.15) is 0 Å². The van der Waals surface area contributed by atoms with Crippen LogP contribution in [0.1, 0.15) is 386 Å². The molecule has 0 bridgehead atoms. The Morgan fingerprint density at radius 2 is 0.600 bits per heavy atom. The molecule has 0 fully saturated rings. The molecule has 0 aliphatic rings. The van der Waals surface area contributed by atoms with Crippen LogP contribution in [0.15, 0.2) is 85.1 Å². The van der Waals surface area contributed by atoms with E-state index in [2.05, 4.69) is 98.9 Å². The summed E-state index contributed by atoms with van der Waals surface area (Å²) in [5, 5.41) is 9.77. The summed E-state index contributed by atoms with van der Waals surface area (Å²) in [6.45, 7) is 4.81. The zero-order chi connectivity index (χ0) is 69.0. The number of likely N-dealkylation sites (N-methyl/N-ethyl adjacent to an activating group) is 1. The number of ether oxygens (including phenoxy) is 4. The van der Waals surface area contributed by atoms with E-state index < -0.39 is 24.3 Å². The zero-order valence-corrected chi connectivity index (χ0v) is 63.3. The molecule has 0 rings (SSSR count). The maximum Gasteiger partial charge on any atom is 0.361 e. The molecule has 95 heavy (non-hydrogen) atoms. The molecule has 0 radical (unpaired) electrons. The van der Waals surface area contributed by atoms with E-state index >= 15 is 0 Å². The van der Waals surface area contributed by atoms with E-state index in [0.717, 1.165) is 83.5 Å². The SMILES string of the molecule is CC/C=C\C/C=C\C/C=C\C/C=C\C/C=C\C/C=C\CCCCCCCCCCCCC(=O)OC(COC(=O)CCCCCCCCCCCCCCCCCCCCCCCCCCCCCCC/C=C\CCCCCCCCCC)COC(OCC[N+](C)(C)C)C(=O)O. The number of hydrogen-bond donors (Lipinski definition) is 1. The third-order valence-corrected chi connectivity index (χ3v) is 18.1. The number of allylic oxidation sites excluding steroid dienone is 14. The van der Waals surface area contributed by atoms with E-state index in [4.69, 9.17) is 18.9 Å². The van der Waals surface area contributed by atoms with Crippen molar-refractivity contribution in [2.45, 2.75) is 399 Å². The lowest BCUT2D eigenvalue weighted by molar-refractivity contribution is -0.870. The van der Waals surface area contributed by atoms with Gasteiger partial charge in [0.15, 0.2) is 6.10 Å². The van der Waals surface area contributed by atoms with Gasteiger partial charge in [-0.25, -0.2) is 4.79 Å².